The fourth-order valence-electron chi connectivity index (χ4n) is 4.46. The molecule has 1 N–H and O–H groups in total. The van der Waals surface area contributed by atoms with Crippen molar-refractivity contribution in [2.24, 2.45) is 11.8 Å². The number of fused-ring (bicyclic) bond motifs is 2. The van der Waals surface area contributed by atoms with E-state index in [0.29, 0.717) is 24.0 Å². The van der Waals surface area contributed by atoms with Crippen LogP contribution in [0.3, 0.4) is 0 Å². The summed E-state index contributed by atoms with van der Waals surface area (Å²) in [5, 5.41) is 8.70. The summed E-state index contributed by atoms with van der Waals surface area (Å²) in [6, 6.07) is 10.5. The van der Waals surface area contributed by atoms with E-state index in [-0.39, 0.29) is 6.42 Å². The molecule has 0 aromatic heterocycles. The molecule has 0 aliphatic carbocycles. The van der Waals surface area contributed by atoms with Crippen molar-refractivity contribution in [1.82, 2.24) is 0 Å². The minimum Gasteiger partial charge on any atom is -0.481 e. The molecular formula is C24H32O3S. The zero-order valence-electron chi connectivity index (χ0n) is 16.5. The maximum absolute atomic E-state index is 10.6. The Bertz CT molecular complexity index is 655. The van der Waals surface area contributed by atoms with E-state index in [0.717, 1.165) is 25.0 Å². The second kappa shape index (κ2) is 11.5. The van der Waals surface area contributed by atoms with Crippen LogP contribution in [-0.2, 0) is 9.53 Å². The van der Waals surface area contributed by atoms with Gasteiger partial charge in [-0.15, -0.1) is 0 Å². The number of carboxylic acids is 1. The topological polar surface area (TPSA) is 46.5 Å². The Hall–Kier alpha value is -1.52. The van der Waals surface area contributed by atoms with Gasteiger partial charge in [-0.25, -0.2) is 0 Å². The standard InChI is InChI=1S/C24H32O3S/c25-24(26)13-7-2-1-6-12-20-21(23-15-14-22(20)27-23)16-18-28-17-8-11-19-9-4-3-5-10-19/h1,3-6,8-11,20-23H,2,7,12-18H2,(H,25,26)/b6-1-,11-8?/t20-,21+,22-,23+/m1/s1. The molecule has 2 fully saturated rings. The molecule has 0 saturated carbocycles. The van der Waals surface area contributed by atoms with E-state index in [1.54, 1.807) is 0 Å². The summed E-state index contributed by atoms with van der Waals surface area (Å²) >= 11 is 2.01. The molecule has 152 valence electrons. The molecule has 2 aliphatic rings. The van der Waals surface area contributed by atoms with Crippen molar-refractivity contribution in [3.8, 4) is 0 Å². The number of hydrogen-bond donors (Lipinski definition) is 1. The number of rotatable bonds is 12. The first-order chi connectivity index (χ1) is 13.7. The molecule has 2 saturated heterocycles. The summed E-state index contributed by atoms with van der Waals surface area (Å²) in [6.45, 7) is 0. The Balaban J connectivity index is 1.35. The van der Waals surface area contributed by atoms with E-state index in [2.05, 4.69) is 48.6 Å². The van der Waals surface area contributed by atoms with Crippen molar-refractivity contribution in [2.45, 2.75) is 57.2 Å². The number of benzene rings is 1. The zero-order valence-corrected chi connectivity index (χ0v) is 17.4. The Kier molecular flexibility index (Phi) is 8.69. The summed E-state index contributed by atoms with van der Waals surface area (Å²) in [5.74, 6) is 2.88. The van der Waals surface area contributed by atoms with Gasteiger partial charge in [-0.3, -0.25) is 4.79 Å². The van der Waals surface area contributed by atoms with Crippen LogP contribution < -0.4 is 0 Å². The third kappa shape index (κ3) is 6.52. The molecule has 4 heteroatoms. The van der Waals surface area contributed by atoms with Crippen LogP contribution >= 0.6 is 11.8 Å². The molecule has 28 heavy (non-hydrogen) atoms. The van der Waals surface area contributed by atoms with E-state index < -0.39 is 5.97 Å². The number of carbonyl (C=O) groups is 1. The first-order valence-electron chi connectivity index (χ1n) is 10.6. The van der Waals surface area contributed by atoms with Crippen LogP contribution in [0.4, 0.5) is 0 Å². The van der Waals surface area contributed by atoms with Crippen molar-refractivity contribution in [3.05, 3.63) is 54.1 Å². The molecule has 2 bridgehead atoms. The van der Waals surface area contributed by atoms with Crippen LogP contribution in [0.1, 0.15) is 50.5 Å². The number of carboxylic acid groups (broad SMARTS) is 1. The van der Waals surface area contributed by atoms with Gasteiger partial charge in [-0.2, -0.15) is 11.8 Å². The molecule has 4 atom stereocenters. The largest absolute Gasteiger partial charge is 0.481 e. The summed E-state index contributed by atoms with van der Waals surface area (Å²) in [7, 11) is 0. The minimum atomic E-state index is -0.703. The lowest BCUT2D eigenvalue weighted by Crippen LogP contribution is -2.27. The van der Waals surface area contributed by atoms with Crippen LogP contribution in [0.5, 0.6) is 0 Å². The number of aliphatic carboxylic acids is 1. The lowest BCUT2D eigenvalue weighted by Gasteiger charge is -2.27. The molecule has 2 heterocycles. The highest BCUT2D eigenvalue weighted by Gasteiger charge is 2.47. The number of ether oxygens (including phenoxy) is 1. The van der Waals surface area contributed by atoms with Crippen molar-refractivity contribution < 1.29 is 14.6 Å². The number of thioether (sulfide) groups is 1. The smallest absolute Gasteiger partial charge is 0.303 e. The van der Waals surface area contributed by atoms with Crippen LogP contribution in [0, 0.1) is 11.8 Å². The molecule has 3 rings (SSSR count). The molecule has 1 aromatic carbocycles. The monoisotopic (exact) mass is 400 g/mol. The second-order valence-electron chi connectivity index (χ2n) is 7.79. The fourth-order valence-corrected chi connectivity index (χ4v) is 5.30. The van der Waals surface area contributed by atoms with Gasteiger partial charge in [0.2, 0.25) is 0 Å². The molecular weight excluding hydrogens is 368 g/mol. The number of hydrogen-bond acceptors (Lipinski definition) is 3. The molecule has 0 radical (unpaired) electrons. The zero-order chi connectivity index (χ0) is 19.6. The molecule has 3 nitrogen and oxygen atoms in total. The van der Waals surface area contributed by atoms with Gasteiger partial charge in [-0.1, -0.05) is 54.6 Å². The SMILES string of the molecule is O=C(O)CCC/C=C\C[C@@H]1[C@H](CCSCC=Cc2ccccc2)[C@@H]2CC[C@H]1O2. The van der Waals surface area contributed by atoms with Gasteiger partial charge in [0.15, 0.2) is 0 Å². The first kappa shape index (κ1) is 21.2. The molecule has 0 unspecified atom stereocenters. The van der Waals surface area contributed by atoms with Gasteiger partial charge in [0.25, 0.3) is 0 Å². The highest BCUT2D eigenvalue weighted by Crippen LogP contribution is 2.47. The van der Waals surface area contributed by atoms with Gasteiger partial charge in [0.1, 0.15) is 0 Å². The predicted molar refractivity (Wildman–Crippen MR) is 118 cm³/mol. The van der Waals surface area contributed by atoms with Gasteiger partial charge < -0.3 is 9.84 Å². The molecule has 0 spiro atoms. The average Bonchev–Trinajstić information content (AvgIpc) is 3.30. The van der Waals surface area contributed by atoms with Crippen molar-refractivity contribution >= 4 is 23.8 Å². The second-order valence-corrected chi connectivity index (χ2v) is 8.94. The lowest BCUT2D eigenvalue weighted by atomic mass is 9.76. The van der Waals surface area contributed by atoms with Crippen LogP contribution in [0.15, 0.2) is 48.6 Å². The van der Waals surface area contributed by atoms with Crippen molar-refractivity contribution in [3.63, 3.8) is 0 Å². The Labute approximate surface area is 173 Å². The van der Waals surface area contributed by atoms with E-state index in [9.17, 15) is 4.79 Å². The molecule has 0 amide bonds. The maximum Gasteiger partial charge on any atom is 0.303 e. The van der Waals surface area contributed by atoms with Gasteiger partial charge in [-0.05, 0) is 61.7 Å². The van der Waals surface area contributed by atoms with Crippen molar-refractivity contribution in [1.29, 1.82) is 0 Å². The highest BCUT2D eigenvalue weighted by atomic mass is 32.2. The minimum absolute atomic E-state index is 0.264. The summed E-state index contributed by atoms with van der Waals surface area (Å²) in [5.41, 5.74) is 1.26. The summed E-state index contributed by atoms with van der Waals surface area (Å²) in [6.07, 6.45) is 16.4. The van der Waals surface area contributed by atoms with Crippen LogP contribution in [0.2, 0.25) is 0 Å². The normalized spacial score (nSPS) is 26.6. The first-order valence-corrected chi connectivity index (χ1v) is 11.7. The fraction of sp³-hybridized carbons (Fsp3) is 0.542. The predicted octanol–water partition coefficient (Wildman–Crippen LogP) is 5.82. The third-order valence-electron chi connectivity index (χ3n) is 5.85. The summed E-state index contributed by atoms with van der Waals surface area (Å²) < 4.78 is 6.21. The highest BCUT2D eigenvalue weighted by molar-refractivity contribution is 7.99. The number of allylic oxidation sites excluding steroid dienone is 2. The van der Waals surface area contributed by atoms with E-state index in [4.69, 9.17) is 9.84 Å². The Morgan fingerprint density at radius 2 is 1.89 bits per heavy atom. The van der Waals surface area contributed by atoms with Gasteiger partial charge in [0, 0.05) is 12.2 Å². The summed E-state index contributed by atoms with van der Waals surface area (Å²) in [4.78, 5) is 10.6. The maximum atomic E-state index is 10.6. The van der Waals surface area contributed by atoms with Gasteiger partial charge >= 0.3 is 5.97 Å². The Morgan fingerprint density at radius 3 is 2.68 bits per heavy atom. The third-order valence-corrected chi connectivity index (χ3v) is 6.80. The van der Waals surface area contributed by atoms with E-state index >= 15 is 0 Å². The number of unbranched alkanes of at least 4 members (excludes halogenated alkanes) is 1. The lowest BCUT2D eigenvalue weighted by molar-refractivity contribution is -0.137. The molecule has 2 aliphatic heterocycles. The van der Waals surface area contributed by atoms with Gasteiger partial charge in [0.05, 0.1) is 12.2 Å². The van der Waals surface area contributed by atoms with E-state index in [1.807, 2.05) is 17.8 Å². The van der Waals surface area contributed by atoms with Crippen LogP contribution in [0.25, 0.3) is 6.08 Å². The van der Waals surface area contributed by atoms with Crippen molar-refractivity contribution in [2.75, 3.05) is 11.5 Å². The quantitative estimate of drug-likeness (QED) is 0.355. The van der Waals surface area contributed by atoms with E-state index in [1.165, 1.54) is 30.6 Å². The molecule has 1 aromatic rings. The Morgan fingerprint density at radius 1 is 1.11 bits per heavy atom. The van der Waals surface area contributed by atoms with Crippen LogP contribution in [-0.4, -0.2) is 34.8 Å². The average molecular weight is 401 g/mol.